The highest BCUT2D eigenvalue weighted by Crippen LogP contribution is 2.37. The number of halogens is 3. The van der Waals surface area contributed by atoms with Crippen LogP contribution in [0.1, 0.15) is 23.1 Å². The Balaban J connectivity index is 1.67. The number of hydrogen-bond acceptors (Lipinski definition) is 5. The molecule has 0 saturated heterocycles. The van der Waals surface area contributed by atoms with Gasteiger partial charge in [-0.15, -0.1) is 0 Å². The van der Waals surface area contributed by atoms with Gasteiger partial charge >= 0.3 is 6.18 Å². The molecular weight excluding hydrogens is 391 g/mol. The van der Waals surface area contributed by atoms with E-state index in [2.05, 4.69) is 10.3 Å². The van der Waals surface area contributed by atoms with Crippen LogP contribution in [0.15, 0.2) is 36.4 Å². The van der Waals surface area contributed by atoms with E-state index in [0.717, 1.165) is 4.57 Å². The number of imidazole rings is 1. The number of anilines is 1. The quantitative estimate of drug-likeness (QED) is 0.671. The monoisotopic (exact) mass is 405 g/mol. The largest absolute Gasteiger partial charge is 0.454 e. The third-order valence-electron chi connectivity index (χ3n) is 4.38. The molecule has 1 aliphatic rings. The predicted octanol–water partition coefficient (Wildman–Crippen LogP) is 3.63. The zero-order valence-electron chi connectivity index (χ0n) is 15.0. The highest BCUT2D eigenvalue weighted by atomic mass is 19.4. The summed E-state index contributed by atoms with van der Waals surface area (Å²) < 4.78 is 51.4. The van der Waals surface area contributed by atoms with Gasteiger partial charge in [-0.1, -0.05) is 12.1 Å². The number of ketones is 1. The predicted molar refractivity (Wildman–Crippen MR) is 95.9 cm³/mol. The van der Waals surface area contributed by atoms with Gasteiger partial charge in [-0.05, 0) is 25.1 Å². The minimum Gasteiger partial charge on any atom is -0.454 e. The summed E-state index contributed by atoms with van der Waals surface area (Å²) in [5.74, 6) is -1.59. The minimum atomic E-state index is -4.73. The molecule has 7 nitrogen and oxygen atoms in total. The molecule has 0 atom stereocenters. The summed E-state index contributed by atoms with van der Waals surface area (Å²) in [6, 6.07) is 8.84. The summed E-state index contributed by atoms with van der Waals surface area (Å²) >= 11 is 0. The maximum absolute atomic E-state index is 13.4. The number of nitrogens with zero attached hydrogens (tertiary/aromatic N) is 2. The molecule has 1 aromatic heterocycles. The number of benzene rings is 2. The van der Waals surface area contributed by atoms with Crippen molar-refractivity contribution in [2.75, 3.05) is 12.1 Å². The fourth-order valence-electron chi connectivity index (χ4n) is 3.12. The van der Waals surface area contributed by atoms with E-state index in [0.29, 0.717) is 11.5 Å². The molecule has 29 heavy (non-hydrogen) atoms. The summed E-state index contributed by atoms with van der Waals surface area (Å²) in [4.78, 5) is 28.1. The zero-order chi connectivity index (χ0) is 20.8. The third kappa shape index (κ3) is 3.48. The van der Waals surface area contributed by atoms with E-state index < -0.39 is 24.5 Å². The molecule has 0 unspecified atom stereocenters. The van der Waals surface area contributed by atoms with Crippen LogP contribution in [-0.4, -0.2) is 28.0 Å². The van der Waals surface area contributed by atoms with Crippen molar-refractivity contribution in [1.29, 1.82) is 0 Å². The standard InChI is InChI=1S/C19H14F3N3O4/c1-10(26)11-6-15-16(29-9-28-15)7-13(11)23-17(27)8-25-14-5-3-2-4-12(14)24-18(25)19(20,21)22/h2-7H,8-9H2,1H3,(H,23,27). The molecule has 2 heterocycles. The van der Waals surface area contributed by atoms with Crippen molar-refractivity contribution in [2.24, 2.45) is 0 Å². The van der Waals surface area contributed by atoms with Crippen LogP contribution in [0.3, 0.4) is 0 Å². The van der Waals surface area contributed by atoms with Gasteiger partial charge in [0.1, 0.15) is 6.54 Å². The van der Waals surface area contributed by atoms with Crippen molar-refractivity contribution >= 4 is 28.4 Å². The van der Waals surface area contributed by atoms with Crippen molar-refractivity contribution in [3.63, 3.8) is 0 Å². The maximum atomic E-state index is 13.4. The molecule has 2 aromatic carbocycles. The van der Waals surface area contributed by atoms with Gasteiger partial charge in [0, 0.05) is 11.6 Å². The van der Waals surface area contributed by atoms with E-state index in [1.807, 2.05) is 0 Å². The number of carbonyl (C=O) groups is 2. The SMILES string of the molecule is CC(=O)c1cc2c(cc1NC(=O)Cn1c(C(F)(F)F)nc3ccccc31)OCO2. The number of fused-ring (bicyclic) bond motifs is 2. The Hall–Kier alpha value is -3.56. The van der Waals surface area contributed by atoms with Crippen LogP contribution < -0.4 is 14.8 Å². The molecular formula is C19H14F3N3O4. The first kappa shape index (κ1) is 18.8. The lowest BCUT2D eigenvalue weighted by atomic mass is 10.1. The highest BCUT2D eigenvalue weighted by Gasteiger charge is 2.38. The first-order valence-electron chi connectivity index (χ1n) is 8.51. The zero-order valence-corrected chi connectivity index (χ0v) is 15.0. The van der Waals surface area contributed by atoms with Gasteiger partial charge in [-0.2, -0.15) is 13.2 Å². The Bertz CT molecular complexity index is 1140. The van der Waals surface area contributed by atoms with E-state index in [1.54, 1.807) is 12.1 Å². The fourth-order valence-corrected chi connectivity index (χ4v) is 3.12. The summed E-state index contributed by atoms with van der Waals surface area (Å²) in [6.07, 6.45) is -4.73. The van der Waals surface area contributed by atoms with Gasteiger partial charge in [0.25, 0.3) is 0 Å². The van der Waals surface area contributed by atoms with Crippen molar-refractivity contribution in [2.45, 2.75) is 19.6 Å². The van der Waals surface area contributed by atoms with Crippen molar-refractivity contribution < 1.29 is 32.2 Å². The van der Waals surface area contributed by atoms with Gasteiger partial charge in [0.2, 0.25) is 18.5 Å². The molecule has 0 saturated carbocycles. The molecule has 1 aliphatic heterocycles. The Morgan fingerprint density at radius 1 is 1.17 bits per heavy atom. The van der Waals surface area contributed by atoms with E-state index in [4.69, 9.17) is 9.47 Å². The summed E-state index contributed by atoms with van der Waals surface area (Å²) in [7, 11) is 0. The number of amides is 1. The van der Waals surface area contributed by atoms with E-state index in [-0.39, 0.29) is 34.9 Å². The number of nitrogens with one attached hydrogen (secondary N) is 1. The number of hydrogen-bond donors (Lipinski definition) is 1. The number of aromatic nitrogens is 2. The van der Waals surface area contributed by atoms with Crippen molar-refractivity contribution in [3.8, 4) is 11.5 Å². The first-order valence-corrected chi connectivity index (χ1v) is 8.51. The van der Waals surface area contributed by atoms with Crippen molar-refractivity contribution in [3.05, 3.63) is 47.8 Å². The molecule has 150 valence electrons. The topological polar surface area (TPSA) is 82.5 Å². The number of ether oxygens (including phenoxy) is 2. The van der Waals surface area contributed by atoms with Crippen LogP contribution in [0.2, 0.25) is 0 Å². The van der Waals surface area contributed by atoms with E-state index >= 15 is 0 Å². The Labute approximate surface area is 162 Å². The second-order valence-electron chi connectivity index (χ2n) is 6.36. The van der Waals surface area contributed by atoms with Gasteiger partial charge < -0.3 is 19.4 Å². The van der Waals surface area contributed by atoms with Crippen LogP contribution in [0.5, 0.6) is 11.5 Å². The molecule has 1 N–H and O–H groups in total. The first-order chi connectivity index (χ1) is 13.7. The normalized spacial score (nSPS) is 13.0. The van der Waals surface area contributed by atoms with Crippen LogP contribution >= 0.6 is 0 Å². The minimum absolute atomic E-state index is 0.0277. The number of Topliss-reactive ketones (excluding diaryl/α,β-unsaturated/α-hetero) is 1. The Morgan fingerprint density at radius 2 is 1.86 bits per heavy atom. The second-order valence-corrected chi connectivity index (χ2v) is 6.36. The van der Waals surface area contributed by atoms with Gasteiger partial charge in [-0.3, -0.25) is 9.59 Å². The van der Waals surface area contributed by atoms with E-state index in [9.17, 15) is 22.8 Å². The summed E-state index contributed by atoms with van der Waals surface area (Å²) in [6.45, 7) is 0.638. The van der Waals surface area contributed by atoms with Crippen LogP contribution in [-0.2, 0) is 17.5 Å². The lowest BCUT2D eigenvalue weighted by Gasteiger charge is -2.13. The average Bonchev–Trinajstić information content (AvgIpc) is 3.25. The van der Waals surface area contributed by atoms with Crippen LogP contribution in [0.25, 0.3) is 11.0 Å². The molecule has 10 heteroatoms. The fraction of sp³-hybridized carbons (Fsp3) is 0.211. The number of alkyl halides is 3. The summed E-state index contributed by atoms with van der Waals surface area (Å²) in [5.41, 5.74) is 0.589. The lowest BCUT2D eigenvalue weighted by molar-refractivity contribution is -0.147. The average molecular weight is 405 g/mol. The molecule has 3 aromatic rings. The second kappa shape index (κ2) is 6.80. The van der Waals surface area contributed by atoms with Gasteiger partial charge in [0.05, 0.1) is 16.7 Å². The molecule has 0 radical (unpaired) electrons. The summed E-state index contributed by atoms with van der Waals surface area (Å²) in [5, 5.41) is 2.49. The molecule has 1 amide bonds. The molecule has 0 fully saturated rings. The van der Waals surface area contributed by atoms with Crippen molar-refractivity contribution in [1.82, 2.24) is 9.55 Å². The Morgan fingerprint density at radius 3 is 2.55 bits per heavy atom. The number of carbonyl (C=O) groups excluding carboxylic acids is 2. The van der Waals surface area contributed by atoms with Crippen LogP contribution in [0, 0.1) is 0 Å². The van der Waals surface area contributed by atoms with Crippen LogP contribution in [0.4, 0.5) is 18.9 Å². The van der Waals surface area contributed by atoms with Gasteiger partial charge in [0.15, 0.2) is 17.3 Å². The molecule has 4 rings (SSSR count). The van der Waals surface area contributed by atoms with Gasteiger partial charge in [-0.25, -0.2) is 4.98 Å². The van der Waals surface area contributed by atoms with E-state index in [1.165, 1.54) is 31.2 Å². The smallest absolute Gasteiger partial charge is 0.449 e. The third-order valence-corrected chi connectivity index (χ3v) is 4.38. The number of rotatable bonds is 4. The molecule has 0 spiro atoms. The maximum Gasteiger partial charge on any atom is 0.449 e. The highest BCUT2D eigenvalue weighted by molar-refractivity contribution is 6.04. The Kier molecular flexibility index (Phi) is 4.40. The molecule has 0 aliphatic carbocycles. The lowest BCUT2D eigenvalue weighted by Crippen LogP contribution is -2.24. The molecule has 0 bridgehead atoms. The number of para-hydroxylation sites is 2.